The van der Waals surface area contributed by atoms with Gasteiger partial charge < -0.3 is 5.32 Å². The van der Waals surface area contributed by atoms with Crippen LogP contribution in [0.15, 0.2) is 30.3 Å². The summed E-state index contributed by atoms with van der Waals surface area (Å²) in [5, 5.41) is 12.2. The van der Waals surface area contributed by atoms with Crippen LogP contribution in [0.4, 0.5) is 0 Å². The molecule has 0 aliphatic heterocycles. The molecule has 3 rings (SSSR count). The van der Waals surface area contributed by atoms with Crippen molar-refractivity contribution < 1.29 is 0 Å². The minimum Gasteiger partial charge on any atom is -0.313 e. The molecule has 0 fully saturated rings. The van der Waals surface area contributed by atoms with Gasteiger partial charge in [-0.1, -0.05) is 18.2 Å². The molecule has 1 aliphatic rings. The van der Waals surface area contributed by atoms with E-state index in [9.17, 15) is 0 Å². The minimum atomic E-state index is 0.507. The van der Waals surface area contributed by atoms with Crippen molar-refractivity contribution in [1.29, 1.82) is 5.26 Å². The predicted octanol–water partition coefficient (Wildman–Crippen LogP) is 3.49. The molecule has 0 spiro atoms. The van der Waals surface area contributed by atoms with Crippen LogP contribution in [0.2, 0.25) is 0 Å². The molecular weight excluding hydrogens is 240 g/mol. The van der Waals surface area contributed by atoms with Gasteiger partial charge in [-0.05, 0) is 48.7 Å². The SMILES string of the molecule is CNC1CCc2cc(-c3ccc(C#N)s3)ccc21. The van der Waals surface area contributed by atoms with Crippen LogP contribution in [0.3, 0.4) is 0 Å². The van der Waals surface area contributed by atoms with Gasteiger partial charge >= 0.3 is 0 Å². The summed E-state index contributed by atoms with van der Waals surface area (Å²) in [6, 6.07) is 13.3. The number of hydrogen-bond acceptors (Lipinski definition) is 3. The van der Waals surface area contributed by atoms with Gasteiger partial charge in [0.1, 0.15) is 10.9 Å². The number of benzene rings is 1. The number of nitrogens with zero attached hydrogens (tertiary/aromatic N) is 1. The van der Waals surface area contributed by atoms with E-state index in [0.717, 1.165) is 11.3 Å². The Bertz CT molecular complexity index is 622. The monoisotopic (exact) mass is 254 g/mol. The van der Waals surface area contributed by atoms with E-state index in [4.69, 9.17) is 5.26 Å². The second-order valence-corrected chi connectivity index (χ2v) is 5.65. The summed E-state index contributed by atoms with van der Waals surface area (Å²) in [6.45, 7) is 0. The highest BCUT2D eigenvalue weighted by Crippen LogP contribution is 2.35. The molecule has 0 radical (unpaired) electrons. The molecular formula is C15H14N2S. The maximum absolute atomic E-state index is 8.87. The van der Waals surface area contributed by atoms with Gasteiger partial charge in [0, 0.05) is 10.9 Å². The van der Waals surface area contributed by atoms with Gasteiger partial charge in [-0.3, -0.25) is 0 Å². The van der Waals surface area contributed by atoms with Crippen molar-refractivity contribution in [1.82, 2.24) is 5.32 Å². The summed E-state index contributed by atoms with van der Waals surface area (Å²) >= 11 is 1.56. The van der Waals surface area contributed by atoms with E-state index in [1.165, 1.54) is 28.0 Å². The first-order valence-electron chi connectivity index (χ1n) is 6.12. The highest BCUT2D eigenvalue weighted by Gasteiger charge is 2.21. The molecule has 1 heterocycles. The van der Waals surface area contributed by atoms with E-state index in [0.29, 0.717) is 6.04 Å². The van der Waals surface area contributed by atoms with Gasteiger partial charge in [-0.15, -0.1) is 11.3 Å². The number of nitriles is 1. The number of fused-ring (bicyclic) bond motifs is 1. The van der Waals surface area contributed by atoms with E-state index < -0.39 is 0 Å². The van der Waals surface area contributed by atoms with Crippen LogP contribution in [0.5, 0.6) is 0 Å². The zero-order valence-electron chi connectivity index (χ0n) is 10.2. The Morgan fingerprint density at radius 3 is 2.94 bits per heavy atom. The highest BCUT2D eigenvalue weighted by atomic mass is 32.1. The average Bonchev–Trinajstić information content (AvgIpc) is 3.04. The van der Waals surface area contributed by atoms with Crippen molar-refractivity contribution in [3.63, 3.8) is 0 Å². The zero-order valence-corrected chi connectivity index (χ0v) is 11.1. The van der Waals surface area contributed by atoms with Gasteiger partial charge in [-0.25, -0.2) is 0 Å². The molecule has 0 bridgehead atoms. The van der Waals surface area contributed by atoms with Gasteiger partial charge in [-0.2, -0.15) is 5.26 Å². The van der Waals surface area contributed by atoms with Crippen LogP contribution in [0, 0.1) is 11.3 Å². The lowest BCUT2D eigenvalue weighted by molar-refractivity contribution is 0.590. The number of rotatable bonds is 2. The Balaban J connectivity index is 1.99. The van der Waals surface area contributed by atoms with E-state index in [1.807, 2.05) is 19.2 Å². The van der Waals surface area contributed by atoms with Crippen molar-refractivity contribution in [3.05, 3.63) is 46.3 Å². The van der Waals surface area contributed by atoms with Crippen LogP contribution >= 0.6 is 11.3 Å². The van der Waals surface area contributed by atoms with Crippen LogP contribution in [0.1, 0.15) is 28.5 Å². The van der Waals surface area contributed by atoms with Gasteiger partial charge in [0.15, 0.2) is 0 Å². The molecule has 90 valence electrons. The molecule has 1 aromatic heterocycles. The molecule has 2 nitrogen and oxygen atoms in total. The first-order chi connectivity index (χ1) is 8.81. The zero-order chi connectivity index (χ0) is 12.5. The third-order valence-corrected chi connectivity index (χ3v) is 4.61. The fraction of sp³-hybridized carbons (Fsp3) is 0.267. The van der Waals surface area contributed by atoms with Gasteiger partial charge in [0.05, 0.1) is 0 Å². The van der Waals surface area contributed by atoms with Crippen molar-refractivity contribution >= 4 is 11.3 Å². The molecule has 1 atom stereocenters. The molecule has 0 amide bonds. The van der Waals surface area contributed by atoms with E-state index in [2.05, 4.69) is 29.6 Å². The maximum Gasteiger partial charge on any atom is 0.110 e. The number of nitrogens with one attached hydrogen (secondary N) is 1. The Morgan fingerprint density at radius 2 is 2.22 bits per heavy atom. The Morgan fingerprint density at radius 1 is 1.33 bits per heavy atom. The Hall–Kier alpha value is -1.63. The quantitative estimate of drug-likeness (QED) is 0.890. The molecule has 1 aliphatic carbocycles. The smallest absolute Gasteiger partial charge is 0.110 e. The van der Waals surface area contributed by atoms with Gasteiger partial charge in [0.2, 0.25) is 0 Å². The van der Waals surface area contributed by atoms with Crippen LogP contribution in [-0.2, 0) is 6.42 Å². The summed E-state index contributed by atoms with van der Waals surface area (Å²) in [6.07, 6.45) is 2.33. The molecule has 1 unspecified atom stereocenters. The first-order valence-corrected chi connectivity index (χ1v) is 6.94. The van der Waals surface area contributed by atoms with Crippen LogP contribution in [-0.4, -0.2) is 7.05 Å². The van der Waals surface area contributed by atoms with Gasteiger partial charge in [0.25, 0.3) is 0 Å². The van der Waals surface area contributed by atoms with E-state index >= 15 is 0 Å². The summed E-state index contributed by atoms with van der Waals surface area (Å²) < 4.78 is 0. The first kappa shape index (κ1) is 11.5. The normalized spacial score (nSPS) is 17.4. The fourth-order valence-corrected chi connectivity index (χ4v) is 3.42. The lowest BCUT2D eigenvalue weighted by Crippen LogP contribution is -2.12. The van der Waals surface area contributed by atoms with E-state index in [1.54, 1.807) is 11.3 Å². The largest absolute Gasteiger partial charge is 0.313 e. The number of thiophene rings is 1. The van der Waals surface area contributed by atoms with Crippen LogP contribution in [0.25, 0.3) is 10.4 Å². The molecule has 3 heteroatoms. The van der Waals surface area contributed by atoms with Crippen LogP contribution < -0.4 is 5.32 Å². The summed E-state index contributed by atoms with van der Waals surface area (Å²) in [5.41, 5.74) is 4.11. The number of hydrogen-bond donors (Lipinski definition) is 1. The van der Waals surface area contributed by atoms with E-state index in [-0.39, 0.29) is 0 Å². The second kappa shape index (κ2) is 4.56. The number of aryl methyl sites for hydroxylation is 1. The van der Waals surface area contributed by atoms with Crippen molar-refractivity contribution in [2.75, 3.05) is 7.05 Å². The topological polar surface area (TPSA) is 35.8 Å². The Labute approximate surface area is 111 Å². The molecule has 18 heavy (non-hydrogen) atoms. The fourth-order valence-electron chi connectivity index (χ4n) is 2.62. The van der Waals surface area contributed by atoms with Crippen molar-refractivity contribution in [3.8, 4) is 16.5 Å². The molecule has 0 saturated heterocycles. The minimum absolute atomic E-state index is 0.507. The standard InChI is InChI=1S/C15H14N2S/c1-17-14-6-3-10-8-11(2-5-13(10)14)15-7-4-12(9-16)18-15/h2,4-5,7-8,14,17H,3,6H2,1H3. The predicted molar refractivity (Wildman–Crippen MR) is 74.6 cm³/mol. The highest BCUT2D eigenvalue weighted by molar-refractivity contribution is 7.16. The second-order valence-electron chi connectivity index (χ2n) is 4.57. The maximum atomic E-state index is 8.87. The average molecular weight is 254 g/mol. The molecule has 2 aromatic rings. The molecule has 0 saturated carbocycles. The summed E-state index contributed by atoms with van der Waals surface area (Å²) in [7, 11) is 2.02. The Kier molecular flexibility index (Phi) is 2.91. The summed E-state index contributed by atoms with van der Waals surface area (Å²) in [5.74, 6) is 0. The lowest BCUT2D eigenvalue weighted by atomic mass is 10.0. The van der Waals surface area contributed by atoms with Crippen molar-refractivity contribution in [2.24, 2.45) is 0 Å². The third-order valence-electron chi connectivity index (χ3n) is 3.57. The summed E-state index contributed by atoms with van der Waals surface area (Å²) in [4.78, 5) is 1.96. The van der Waals surface area contributed by atoms with Crippen molar-refractivity contribution in [2.45, 2.75) is 18.9 Å². The lowest BCUT2D eigenvalue weighted by Gasteiger charge is -2.10. The molecule has 1 aromatic carbocycles. The molecule has 1 N–H and O–H groups in total. The third kappa shape index (κ3) is 1.84.